The first-order chi connectivity index (χ1) is 14.0. The van der Waals surface area contributed by atoms with E-state index in [0.717, 1.165) is 35.4 Å². The second-order valence-corrected chi connectivity index (χ2v) is 7.71. The molecular weight excluding hydrogens is 366 g/mol. The van der Waals surface area contributed by atoms with Crippen LogP contribution < -0.4 is 4.90 Å². The van der Waals surface area contributed by atoms with E-state index in [1.54, 1.807) is 6.20 Å². The minimum atomic E-state index is 0.129. The number of hydrogen-bond acceptors (Lipinski definition) is 6. The summed E-state index contributed by atoms with van der Waals surface area (Å²) in [6.07, 6.45) is 3.68. The number of hydrogen-bond donors (Lipinski definition) is 0. The molecule has 2 aromatic heterocycles. The molecule has 3 aromatic rings. The van der Waals surface area contributed by atoms with Crippen molar-refractivity contribution in [1.82, 2.24) is 20.0 Å². The van der Waals surface area contributed by atoms with E-state index in [1.807, 2.05) is 67.2 Å². The molecule has 7 nitrogen and oxygen atoms in total. The Morgan fingerprint density at radius 1 is 1.17 bits per heavy atom. The number of anilines is 1. The maximum Gasteiger partial charge on any atom is 0.226 e. The van der Waals surface area contributed by atoms with Crippen LogP contribution in [0.1, 0.15) is 29.8 Å². The fraction of sp³-hybridized carbons (Fsp3) is 0.364. The summed E-state index contributed by atoms with van der Waals surface area (Å²) in [5.41, 5.74) is 3.40. The Hall–Kier alpha value is -3.22. The molecule has 0 radical (unpaired) electrons. The van der Waals surface area contributed by atoms with Gasteiger partial charge in [-0.05, 0) is 25.3 Å². The van der Waals surface area contributed by atoms with Gasteiger partial charge in [-0.15, -0.1) is 0 Å². The Morgan fingerprint density at radius 2 is 1.93 bits per heavy atom. The molecule has 0 N–H and O–H groups in total. The van der Waals surface area contributed by atoms with Gasteiger partial charge >= 0.3 is 0 Å². The van der Waals surface area contributed by atoms with Crippen LogP contribution in [0.15, 0.2) is 47.1 Å². The predicted octanol–water partition coefficient (Wildman–Crippen LogP) is 3.44. The van der Waals surface area contributed by atoms with Gasteiger partial charge in [-0.3, -0.25) is 4.79 Å². The van der Waals surface area contributed by atoms with E-state index in [1.165, 1.54) is 0 Å². The molecule has 0 atom stereocenters. The maximum absolute atomic E-state index is 13.0. The van der Waals surface area contributed by atoms with Crippen LogP contribution in [0.2, 0.25) is 0 Å². The fourth-order valence-electron chi connectivity index (χ4n) is 3.22. The van der Waals surface area contributed by atoms with E-state index in [2.05, 4.69) is 10.1 Å². The number of aryl methyl sites for hydroxylation is 1. The third kappa shape index (κ3) is 4.45. The molecule has 0 saturated heterocycles. The Kier molecular flexibility index (Phi) is 5.29. The van der Waals surface area contributed by atoms with Gasteiger partial charge in [0.25, 0.3) is 0 Å². The fourth-order valence-corrected chi connectivity index (χ4v) is 3.22. The minimum absolute atomic E-state index is 0.129. The Morgan fingerprint density at radius 3 is 2.55 bits per heavy atom. The Bertz CT molecular complexity index is 995. The molecule has 1 amide bonds. The highest BCUT2D eigenvalue weighted by Gasteiger charge is 2.34. The van der Waals surface area contributed by atoms with E-state index in [4.69, 9.17) is 9.51 Å². The maximum atomic E-state index is 13.0. The van der Waals surface area contributed by atoms with E-state index in [-0.39, 0.29) is 11.8 Å². The largest absolute Gasteiger partial charge is 0.356 e. The zero-order chi connectivity index (χ0) is 20.4. The normalized spacial score (nSPS) is 13.3. The van der Waals surface area contributed by atoms with Crippen LogP contribution in [0.3, 0.4) is 0 Å². The van der Waals surface area contributed by atoms with Gasteiger partial charge in [0.15, 0.2) is 5.76 Å². The number of carbonyl (C=O) groups is 1. The first kappa shape index (κ1) is 19.1. The van der Waals surface area contributed by atoms with Crippen molar-refractivity contribution in [2.45, 2.75) is 32.9 Å². The molecule has 7 heteroatoms. The molecule has 0 unspecified atom stereocenters. The van der Waals surface area contributed by atoms with Crippen LogP contribution in [-0.2, 0) is 17.9 Å². The summed E-state index contributed by atoms with van der Waals surface area (Å²) >= 11 is 0. The van der Waals surface area contributed by atoms with Crippen LogP contribution in [-0.4, -0.2) is 40.0 Å². The molecule has 1 saturated carbocycles. The number of aromatic nitrogens is 3. The van der Waals surface area contributed by atoms with Gasteiger partial charge in [0.2, 0.25) is 11.9 Å². The van der Waals surface area contributed by atoms with E-state index >= 15 is 0 Å². The summed E-state index contributed by atoms with van der Waals surface area (Å²) < 4.78 is 5.46. The van der Waals surface area contributed by atoms with E-state index < -0.39 is 0 Å². The van der Waals surface area contributed by atoms with Crippen molar-refractivity contribution in [1.29, 1.82) is 0 Å². The van der Waals surface area contributed by atoms with Gasteiger partial charge < -0.3 is 14.3 Å². The molecule has 2 heterocycles. The lowest BCUT2D eigenvalue weighted by Gasteiger charge is -2.24. The van der Waals surface area contributed by atoms with E-state index in [9.17, 15) is 4.79 Å². The average Bonchev–Trinajstić information content (AvgIpc) is 3.48. The molecule has 29 heavy (non-hydrogen) atoms. The van der Waals surface area contributed by atoms with Crippen LogP contribution in [0.4, 0.5) is 5.95 Å². The summed E-state index contributed by atoms with van der Waals surface area (Å²) in [5, 5.41) is 3.99. The topological polar surface area (TPSA) is 75.4 Å². The van der Waals surface area contributed by atoms with Crippen molar-refractivity contribution in [3.8, 4) is 11.3 Å². The summed E-state index contributed by atoms with van der Waals surface area (Å²) in [6, 6.07) is 11.9. The summed E-state index contributed by atoms with van der Waals surface area (Å²) in [6.45, 7) is 2.81. The van der Waals surface area contributed by atoms with Crippen molar-refractivity contribution in [2.75, 3.05) is 19.0 Å². The highest BCUT2D eigenvalue weighted by Crippen LogP contribution is 2.33. The number of rotatable bonds is 7. The Balaban J connectivity index is 1.69. The Labute approximate surface area is 170 Å². The standard InChI is InChI=1S/C22H25N5O2/c1-15-11-20(29-25-15)18-12-23-22(26(2)3)24-19(18)14-27(21(28)17-9-10-17)13-16-7-5-4-6-8-16/h4-8,11-12,17H,9-10,13-14H2,1-3H3. The molecule has 150 valence electrons. The quantitative estimate of drug-likeness (QED) is 0.614. The van der Waals surface area contributed by atoms with Crippen LogP contribution in [0.5, 0.6) is 0 Å². The highest BCUT2D eigenvalue weighted by molar-refractivity contribution is 5.81. The van der Waals surface area contributed by atoms with Gasteiger partial charge in [-0.25, -0.2) is 9.97 Å². The van der Waals surface area contributed by atoms with Crippen molar-refractivity contribution >= 4 is 11.9 Å². The van der Waals surface area contributed by atoms with E-state index in [0.29, 0.717) is 24.8 Å². The molecule has 0 bridgehead atoms. The minimum Gasteiger partial charge on any atom is -0.356 e. The van der Waals surface area contributed by atoms with Crippen molar-refractivity contribution in [3.63, 3.8) is 0 Å². The number of benzene rings is 1. The first-order valence-corrected chi connectivity index (χ1v) is 9.81. The molecule has 4 rings (SSSR count). The first-order valence-electron chi connectivity index (χ1n) is 9.81. The van der Waals surface area contributed by atoms with Crippen molar-refractivity contribution < 1.29 is 9.32 Å². The lowest BCUT2D eigenvalue weighted by molar-refractivity contribution is -0.133. The zero-order valence-corrected chi connectivity index (χ0v) is 17.0. The number of carbonyl (C=O) groups excluding carboxylic acids is 1. The highest BCUT2D eigenvalue weighted by atomic mass is 16.5. The summed E-state index contributed by atoms with van der Waals surface area (Å²) in [4.78, 5) is 25.9. The predicted molar refractivity (Wildman–Crippen MR) is 110 cm³/mol. The second-order valence-electron chi connectivity index (χ2n) is 7.71. The van der Waals surface area contributed by atoms with Crippen LogP contribution in [0, 0.1) is 12.8 Å². The molecule has 0 aliphatic heterocycles. The third-order valence-electron chi connectivity index (χ3n) is 4.94. The average molecular weight is 391 g/mol. The van der Waals surface area contributed by atoms with Gasteiger partial charge in [0.1, 0.15) is 0 Å². The van der Waals surface area contributed by atoms with Gasteiger partial charge in [-0.2, -0.15) is 0 Å². The second kappa shape index (κ2) is 8.03. The molecule has 1 aliphatic rings. The van der Waals surface area contributed by atoms with Crippen molar-refractivity contribution in [3.05, 3.63) is 59.5 Å². The third-order valence-corrected chi connectivity index (χ3v) is 4.94. The van der Waals surface area contributed by atoms with Gasteiger partial charge in [0.05, 0.1) is 23.5 Å². The summed E-state index contributed by atoms with van der Waals surface area (Å²) in [5.74, 6) is 1.52. The SMILES string of the molecule is Cc1cc(-c2cnc(N(C)C)nc2CN(Cc2ccccc2)C(=O)C2CC2)on1. The number of amides is 1. The molecule has 1 aromatic carbocycles. The van der Waals surface area contributed by atoms with Crippen LogP contribution in [0.25, 0.3) is 11.3 Å². The lowest BCUT2D eigenvalue weighted by atomic mass is 10.1. The van der Waals surface area contributed by atoms with Crippen molar-refractivity contribution in [2.24, 2.45) is 5.92 Å². The molecule has 1 aliphatic carbocycles. The van der Waals surface area contributed by atoms with Crippen LogP contribution >= 0.6 is 0 Å². The van der Waals surface area contributed by atoms with Gasteiger partial charge in [-0.1, -0.05) is 35.5 Å². The van der Waals surface area contributed by atoms with Gasteiger partial charge in [0, 0.05) is 38.8 Å². The lowest BCUT2D eigenvalue weighted by Crippen LogP contribution is -2.32. The molecular formula is C22H25N5O2. The molecule has 0 spiro atoms. The summed E-state index contributed by atoms with van der Waals surface area (Å²) in [7, 11) is 3.79. The number of nitrogens with zero attached hydrogens (tertiary/aromatic N) is 5. The smallest absolute Gasteiger partial charge is 0.226 e. The molecule has 1 fully saturated rings. The zero-order valence-electron chi connectivity index (χ0n) is 17.0. The monoisotopic (exact) mass is 391 g/mol.